The molecule has 0 fully saturated rings. The van der Waals surface area contributed by atoms with E-state index < -0.39 is 12.4 Å². The van der Waals surface area contributed by atoms with Gasteiger partial charge in [0.05, 0.1) is 18.7 Å². The molecule has 4 nitrogen and oxygen atoms in total. The van der Waals surface area contributed by atoms with Gasteiger partial charge in [-0.15, -0.1) is 0 Å². The lowest BCUT2D eigenvalue weighted by atomic mass is 10.1. The highest BCUT2D eigenvalue weighted by molar-refractivity contribution is 14.1. The maximum Gasteiger partial charge on any atom is 0.311 e. The van der Waals surface area contributed by atoms with Crippen molar-refractivity contribution in [2.24, 2.45) is 5.73 Å². The number of ether oxygens (including phenoxy) is 1. The van der Waals surface area contributed by atoms with Gasteiger partial charge in [-0.05, 0) is 41.1 Å². The van der Waals surface area contributed by atoms with Gasteiger partial charge in [0.2, 0.25) is 0 Å². The number of hydrogen-bond donors (Lipinski definition) is 1. The number of nitrogens with zero attached hydrogens (tertiary/aromatic N) is 1. The first-order valence-corrected chi connectivity index (χ1v) is 6.39. The SMILES string of the molecule is CCOC(=O)Cc1nc(C(F)F)c(CN)cc1I. The van der Waals surface area contributed by atoms with Gasteiger partial charge in [0, 0.05) is 10.1 Å². The lowest BCUT2D eigenvalue weighted by Gasteiger charge is -2.11. The van der Waals surface area contributed by atoms with Crippen molar-refractivity contribution in [3.63, 3.8) is 0 Å². The van der Waals surface area contributed by atoms with Gasteiger partial charge in [-0.1, -0.05) is 0 Å². The van der Waals surface area contributed by atoms with E-state index in [1.807, 2.05) is 22.6 Å². The predicted molar refractivity (Wildman–Crippen MR) is 70.1 cm³/mol. The molecule has 0 bridgehead atoms. The van der Waals surface area contributed by atoms with Crippen molar-refractivity contribution in [2.75, 3.05) is 6.61 Å². The van der Waals surface area contributed by atoms with Crippen molar-refractivity contribution in [2.45, 2.75) is 26.3 Å². The van der Waals surface area contributed by atoms with Crippen LogP contribution < -0.4 is 5.73 Å². The van der Waals surface area contributed by atoms with Crippen molar-refractivity contribution in [3.8, 4) is 0 Å². The van der Waals surface area contributed by atoms with E-state index >= 15 is 0 Å². The van der Waals surface area contributed by atoms with Crippen molar-refractivity contribution in [3.05, 3.63) is 26.6 Å². The van der Waals surface area contributed by atoms with Gasteiger partial charge in [-0.25, -0.2) is 13.8 Å². The van der Waals surface area contributed by atoms with Crippen LogP contribution in [0.5, 0.6) is 0 Å². The topological polar surface area (TPSA) is 65.2 Å². The molecule has 0 aliphatic heterocycles. The molecule has 0 aliphatic rings. The Labute approximate surface area is 117 Å². The summed E-state index contributed by atoms with van der Waals surface area (Å²) < 4.78 is 30.9. The zero-order valence-electron chi connectivity index (χ0n) is 9.75. The molecule has 0 radical (unpaired) electrons. The largest absolute Gasteiger partial charge is 0.466 e. The summed E-state index contributed by atoms with van der Waals surface area (Å²) in [6.07, 6.45) is -2.82. The number of pyridine rings is 1. The Morgan fingerprint density at radius 3 is 2.78 bits per heavy atom. The minimum absolute atomic E-state index is 0.0115. The zero-order chi connectivity index (χ0) is 13.7. The van der Waals surface area contributed by atoms with Crippen LogP contribution in [-0.4, -0.2) is 17.6 Å². The van der Waals surface area contributed by atoms with Gasteiger partial charge in [-0.2, -0.15) is 0 Å². The fourth-order valence-electron chi connectivity index (χ4n) is 1.41. The molecule has 1 heterocycles. The Kier molecular flexibility index (Phi) is 5.86. The molecule has 0 spiro atoms. The first-order chi connectivity index (χ1) is 8.49. The minimum Gasteiger partial charge on any atom is -0.466 e. The van der Waals surface area contributed by atoms with Crippen LogP contribution in [0.25, 0.3) is 0 Å². The first-order valence-electron chi connectivity index (χ1n) is 5.31. The molecule has 7 heteroatoms. The molecule has 1 aromatic heterocycles. The predicted octanol–water partition coefficient (Wildman–Crippen LogP) is 2.19. The summed E-state index contributed by atoms with van der Waals surface area (Å²) in [4.78, 5) is 15.1. The van der Waals surface area contributed by atoms with E-state index in [0.29, 0.717) is 14.8 Å². The van der Waals surface area contributed by atoms with E-state index in [-0.39, 0.29) is 25.3 Å². The molecule has 1 rings (SSSR count). The third kappa shape index (κ3) is 3.84. The van der Waals surface area contributed by atoms with E-state index in [0.717, 1.165) is 0 Å². The van der Waals surface area contributed by atoms with Crippen LogP contribution in [-0.2, 0) is 22.5 Å². The highest BCUT2D eigenvalue weighted by Gasteiger charge is 2.18. The summed E-state index contributed by atoms with van der Waals surface area (Å²) in [6.45, 7) is 1.92. The van der Waals surface area contributed by atoms with Crippen LogP contribution in [0.15, 0.2) is 6.07 Å². The molecule has 18 heavy (non-hydrogen) atoms. The highest BCUT2D eigenvalue weighted by Crippen LogP contribution is 2.24. The van der Waals surface area contributed by atoms with Gasteiger partial charge in [0.25, 0.3) is 6.43 Å². The van der Waals surface area contributed by atoms with Crippen LogP contribution in [0, 0.1) is 3.57 Å². The van der Waals surface area contributed by atoms with Crippen LogP contribution in [0.4, 0.5) is 8.78 Å². The van der Waals surface area contributed by atoms with Crippen LogP contribution in [0.2, 0.25) is 0 Å². The van der Waals surface area contributed by atoms with Gasteiger partial charge >= 0.3 is 5.97 Å². The van der Waals surface area contributed by atoms with Crippen molar-refractivity contribution >= 4 is 28.6 Å². The van der Waals surface area contributed by atoms with Gasteiger partial charge < -0.3 is 10.5 Å². The Morgan fingerprint density at radius 1 is 1.61 bits per heavy atom. The second kappa shape index (κ2) is 6.93. The Hall–Kier alpha value is -0.830. The third-order valence-electron chi connectivity index (χ3n) is 2.20. The summed E-state index contributed by atoms with van der Waals surface area (Å²) in [7, 11) is 0. The summed E-state index contributed by atoms with van der Waals surface area (Å²) in [5, 5.41) is 0. The lowest BCUT2D eigenvalue weighted by Crippen LogP contribution is -2.13. The number of aromatic nitrogens is 1. The number of nitrogens with two attached hydrogens (primary N) is 1. The van der Waals surface area contributed by atoms with Crippen LogP contribution >= 0.6 is 22.6 Å². The molecule has 0 aromatic carbocycles. The normalized spacial score (nSPS) is 10.8. The minimum atomic E-state index is -2.71. The maximum atomic E-state index is 12.8. The highest BCUT2D eigenvalue weighted by atomic mass is 127. The quantitative estimate of drug-likeness (QED) is 0.638. The summed E-state index contributed by atoms with van der Waals surface area (Å²) in [5.74, 6) is -0.483. The van der Waals surface area contributed by atoms with Crippen molar-refractivity contribution < 1.29 is 18.3 Å². The van der Waals surface area contributed by atoms with E-state index in [1.54, 1.807) is 6.92 Å². The van der Waals surface area contributed by atoms with Gasteiger partial charge in [-0.3, -0.25) is 4.79 Å². The molecule has 100 valence electrons. The fourth-order valence-corrected chi connectivity index (χ4v) is 2.09. The number of alkyl halides is 2. The fraction of sp³-hybridized carbons (Fsp3) is 0.455. The molecule has 2 N–H and O–H groups in total. The Morgan fingerprint density at radius 2 is 2.28 bits per heavy atom. The number of rotatable bonds is 5. The summed E-state index contributed by atoms with van der Waals surface area (Å²) >= 11 is 1.94. The maximum absolute atomic E-state index is 12.8. The Bertz CT molecular complexity index is 441. The summed E-state index contributed by atoms with van der Waals surface area (Å²) in [5.41, 5.74) is 5.61. The Balaban J connectivity index is 3.05. The smallest absolute Gasteiger partial charge is 0.311 e. The number of esters is 1. The van der Waals surface area contributed by atoms with Crippen molar-refractivity contribution in [1.82, 2.24) is 4.98 Å². The lowest BCUT2D eigenvalue weighted by molar-refractivity contribution is -0.142. The molecule has 0 saturated heterocycles. The third-order valence-corrected chi connectivity index (χ3v) is 3.14. The average Bonchev–Trinajstić information content (AvgIpc) is 2.31. The molecular formula is C11H13F2IN2O2. The van der Waals surface area contributed by atoms with Crippen molar-refractivity contribution in [1.29, 1.82) is 0 Å². The number of carbonyl (C=O) groups is 1. The zero-order valence-corrected chi connectivity index (χ0v) is 11.9. The average molecular weight is 370 g/mol. The van der Waals surface area contributed by atoms with E-state index in [2.05, 4.69) is 4.98 Å². The molecule has 0 saturated carbocycles. The van der Waals surface area contributed by atoms with Gasteiger partial charge in [0.1, 0.15) is 5.69 Å². The number of carbonyl (C=O) groups excluding carboxylic acids is 1. The molecule has 1 aromatic rings. The standard InChI is InChI=1S/C11H13F2IN2O2/c1-2-18-9(17)4-8-7(14)3-6(5-15)10(16-8)11(12)13/h3,11H,2,4-5,15H2,1H3. The van der Waals surface area contributed by atoms with E-state index in [1.165, 1.54) is 6.07 Å². The monoisotopic (exact) mass is 370 g/mol. The molecule has 0 aliphatic carbocycles. The van der Waals surface area contributed by atoms with E-state index in [4.69, 9.17) is 10.5 Å². The van der Waals surface area contributed by atoms with E-state index in [9.17, 15) is 13.6 Å². The molecule has 0 atom stereocenters. The molecular weight excluding hydrogens is 357 g/mol. The van der Waals surface area contributed by atoms with Crippen LogP contribution in [0.1, 0.15) is 30.3 Å². The van der Waals surface area contributed by atoms with Gasteiger partial charge in [0.15, 0.2) is 0 Å². The van der Waals surface area contributed by atoms with Crippen LogP contribution in [0.3, 0.4) is 0 Å². The second-order valence-corrected chi connectivity index (χ2v) is 4.61. The molecule has 0 unspecified atom stereocenters. The second-order valence-electron chi connectivity index (χ2n) is 3.45. The first kappa shape index (κ1) is 15.2. The number of halogens is 3. The molecule has 0 amide bonds. The summed E-state index contributed by atoms with van der Waals surface area (Å²) in [6, 6.07) is 1.53. The number of hydrogen-bond acceptors (Lipinski definition) is 4.